The van der Waals surface area contributed by atoms with Gasteiger partial charge >= 0.3 is 0 Å². The van der Waals surface area contributed by atoms with Gasteiger partial charge in [-0.1, -0.05) is 37.1 Å². The molecule has 20 heavy (non-hydrogen) atoms. The lowest BCUT2D eigenvalue weighted by molar-refractivity contribution is -0.136. The Labute approximate surface area is 125 Å². The van der Waals surface area contributed by atoms with Crippen molar-refractivity contribution in [3.63, 3.8) is 0 Å². The van der Waals surface area contributed by atoms with Gasteiger partial charge in [-0.15, -0.1) is 0 Å². The molecule has 2 unspecified atom stereocenters. The number of carbonyl (C=O) groups is 1. The standard InChI is InChI=1S/C15H22ClN3O/c1-2-4-13(17)15(20)19-8-7-18-10-14(19)11-5-3-6-12(16)9-11/h3,5-6,9,13-14,18H,2,4,7-8,10,17H2,1H3. The summed E-state index contributed by atoms with van der Waals surface area (Å²) in [5.41, 5.74) is 7.05. The molecule has 1 saturated heterocycles. The highest BCUT2D eigenvalue weighted by atomic mass is 35.5. The zero-order valence-electron chi connectivity index (χ0n) is 11.8. The van der Waals surface area contributed by atoms with E-state index >= 15 is 0 Å². The molecule has 110 valence electrons. The molecule has 0 aromatic heterocycles. The van der Waals surface area contributed by atoms with Crippen molar-refractivity contribution >= 4 is 17.5 Å². The quantitative estimate of drug-likeness (QED) is 0.892. The number of nitrogens with zero attached hydrogens (tertiary/aromatic N) is 1. The summed E-state index contributed by atoms with van der Waals surface area (Å²) in [5.74, 6) is 0.0401. The number of hydrogen-bond acceptors (Lipinski definition) is 3. The van der Waals surface area contributed by atoms with Crippen LogP contribution in [0.4, 0.5) is 0 Å². The summed E-state index contributed by atoms with van der Waals surface area (Å²) in [7, 11) is 0. The average Bonchev–Trinajstić information content (AvgIpc) is 2.47. The first-order valence-corrected chi connectivity index (χ1v) is 7.53. The Balaban J connectivity index is 2.19. The summed E-state index contributed by atoms with van der Waals surface area (Å²) < 4.78 is 0. The van der Waals surface area contributed by atoms with Crippen LogP contribution in [0.15, 0.2) is 24.3 Å². The summed E-state index contributed by atoms with van der Waals surface area (Å²) in [6.07, 6.45) is 1.64. The van der Waals surface area contributed by atoms with E-state index in [1.165, 1.54) is 0 Å². The van der Waals surface area contributed by atoms with Crippen molar-refractivity contribution in [3.8, 4) is 0 Å². The molecule has 1 heterocycles. The van der Waals surface area contributed by atoms with Crippen molar-refractivity contribution in [3.05, 3.63) is 34.9 Å². The third-order valence-electron chi connectivity index (χ3n) is 3.68. The molecular formula is C15H22ClN3O. The third kappa shape index (κ3) is 3.51. The zero-order valence-corrected chi connectivity index (χ0v) is 12.6. The van der Waals surface area contributed by atoms with Crippen molar-refractivity contribution in [2.24, 2.45) is 5.73 Å². The van der Waals surface area contributed by atoms with Crippen LogP contribution in [0, 0.1) is 0 Å². The second-order valence-corrected chi connectivity index (χ2v) is 5.64. The van der Waals surface area contributed by atoms with Gasteiger partial charge in [0.25, 0.3) is 0 Å². The lowest BCUT2D eigenvalue weighted by atomic mass is 10.0. The highest BCUT2D eigenvalue weighted by Crippen LogP contribution is 2.25. The van der Waals surface area contributed by atoms with Gasteiger partial charge in [-0.05, 0) is 24.1 Å². The minimum Gasteiger partial charge on any atom is -0.332 e. The Bertz CT molecular complexity index is 466. The fourth-order valence-corrected chi connectivity index (χ4v) is 2.83. The summed E-state index contributed by atoms with van der Waals surface area (Å²) in [6, 6.07) is 7.30. The van der Waals surface area contributed by atoms with Gasteiger partial charge in [0.2, 0.25) is 5.91 Å². The van der Waals surface area contributed by atoms with Crippen LogP contribution in [0.2, 0.25) is 5.02 Å². The SMILES string of the molecule is CCCC(N)C(=O)N1CCNCC1c1cccc(Cl)c1. The third-order valence-corrected chi connectivity index (χ3v) is 3.91. The van der Waals surface area contributed by atoms with Crippen LogP contribution in [-0.2, 0) is 4.79 Å². The minimum atomic E-state index is -0.403. The maximum Gasteiger partial charge on any atom is 0.240 e. The maximum absolute atomic E-state index is 12.5. The molecule has 0 radical (unpaired) electrons. The highest BCUT2D eigenvalue weighted by Gasteiger charge is 2.30. The molecule has 3 N–H and O–H groups in total. The van der Waals surface area contributed by atoms with Crippen molar-refractivity contribution in [1.82, 2.24) is 10.2 Å². The normalized spacial score (nSPS) is 20.8. The van der Waals surface area contributed by atoms with Crippen molar-refractivity contribution in [2.45, 2.75) is 31.8 Å². The average molecular weight is 296 g/mol. The van der Waals surface area contributed by atoms with E-state index in [0.717, 1.165) is 31.5 Å². The van der Waals surface area contributed by atoms with E-state index in [4.69, 9.17) is 17.3 Å². The van der Waals surface area contributed by atoms with Gasteiger partial charge in [0.15, 0.2) is 0 Å². The van der Waals surface area contributed by atoms with Crippen LogP contribution in [-0.4, -0.2) is 36.5 Å². The van der Waals surface area contributed by atoms with Crippen LogP contribution < -0.4 is 11.1 Å². The molecule has 5 heteroatoms. The Morgan fingerprint density at radius 1 is 1.60 bits per heavy atom. The number of carbonyl (C=O) groups excluding carboxylic acids is 1. The number of nitrogens with one attached hydrogen (secondary N) is 1. The fourth-order valence-electron chi connectivity index (χ4n) is 2.63. The first kappa shape index (κ1) is 15.3. The van der Waals surface area contributed by atoms with E-state index in [9.17, 15) is 4.79 Å². The number of benzene rings is 1. The van der Waals surface area contributed by atoms with Gasteiger partial charge in [-0.25, -0.2) is 0 Å². The van der Waals surface area contributed by atoms with E-state index in [0.29, 0.717) is 11.6 Å². The number of nitrogens with two attached hydrogens (primary N) is 1. The van der Waals surface area contributed by atoms with Gasteiger partial charge in [0.1, 0.15) is 0 Å². The lowest BCUT2D eigenvalue weighted by Gasteiger charge is -2.38. The first-order chi connectivity index (χ1) is 9.63. The number of rotatable bonds is 4. The van der Waals surface area contributed by atoms with E-state index in [1.54, 1.807) is 0 Å². The number of hydrogen-bond donors (Lipinski definition) is 2. The van der Waals surface area contributed by atoms with Crippen LogP contribution in [0.25, 0.3) is 0 Å². The second-order valence-electron chi connectivity index (χ2n) is 5.20. The van der Waals surface area contributed by atoms with Crippen LogP contribution in [0.3, 0.4) is 0 Å². The molecule has 1 aliphatic heterocycles. The van der Waals surface area contributed by atoms with Gasteiger partial charge < -0.3 is 16.0 Å². The molecule has 0 aliphatic carbocycles. The van der Waals surface area contributed by atoms with Gasteiger partial charge in [-0.3, -0.25) is 4.79 Å². The van der Waals surface area contributed by atoms with Crippen LogP contribution in [0.5, 0.6) is 0 Å². The van der Waals surface area contributed by atoms with Crippen LogP contribution >= 0.6 is 11.6 Å². The maximum atomic E-state index is 12.5. The molecule has 4 nitrogen and oxygen atoms in total. The molecule has 0 bridgehead atoms. The highest BCUT2D eigenvalue weighted by molar-refractivity contribution is 6.30. The molecule has 1 aromatic rings. The van der Waals surface area contributed by atoms with Gasteiger partial charge in [0, 0.05) is 24.7 Å². The zero-order chi connectivity index (χ0) is 14.5. The predicted molar refractivity (Wildman–Crippen MR) is 81.7 cm³/mol. The summed E-state index contributed by atoms with van der Waals surface area (Å²) in [4.78, 5) is 14.4. The first-order valence-electron chi connectivity index (χ1n) is 7.15. The molecule has 1 amide bonds. The number of amides is 1. The Hall–Kier alpha value is -1.10. The molecule has 1 aliphatic rings. The van der Waals surface area contributed by atoms with E-state index in [-0.39, 0.29) is 11.9 Å². The second kappa shape index (κ2) is 7.07. The summed E-state index contributed by atoms with van der Waals surface area (Å²) in [5, 5.41) is 4.02. The Morgan fingerprint density at radius 3 is 3.10 bits per heavy atom. The molecule has 1 fully saturated rings. The molecular weight excluding hydrogens is 274 g/mol. The minimum absolute atomic E-state index is 0.0119. The van der Waals surface area contributed by atoms with Crippen molar-refractivity contribution in [1.29, 1.82) is 0 Å². The molecule has 0 spiro atoms. The van der Waals surface area contributed by atoms with Crippen molar-refractivity contribution < 1.29 is 4.79 Å². The molecule has 2 atom stereocenters. The summed E-state index contributed by atoms with van der Waals surface area (Å²) in [6.45, 7) is 4.28. The lowest BCUT2D eigenvalue weighted by Crippen LogP contribution is -2.53. The van der Waals surface area contributed by atoms with E-state index in [1.807, 2.05) is 36.1 Å². The fraction of sp³-hybridized carbons (Fsp3) is 0.533. The Kier molecular flexibility index (Phi) is 5.40. The monoisotopic (exact) mass is 295 g/mol. The van der Waals surface area contributed by atoms with Crippen LogP contribution in [0.1, 0.15) is 31.4 Å². The molecule has 0 saturated carbocycles. The van der Waals surface area contributed by atoms with Crippen molar-refractivity contribution in [2.75, 3.05) is 19.6 Å². The summed E-state index contributed by atoms with van der Waals surface area (Å²) >= 11 is 6.06. The molecule has 2 rings (SSSR count). The predicted octanol–water partition coefficient (Wildman–Crippen LogP) is 1.94. The number of halogens is 1. The smallest absolute Gasteiger partial charge is 0.240 e. The number of piperazine rings is 1. The Morgan fingerprint density at radius 2 is 2.40 bits per heavy atom. The van der Waals surface area contributed by atoms with E-state index in [2.05, 4.69) is 5.32 Å². The largest absolute Gasteiger partial charge is 0.332 e. The molecule has 1 aromatic carbocycles. The topological polar surface area (TPSA) is 58.4 Å². The van der Waals surface area contributed by atoms with E-state index < -0.39 is 6.04 Å². The van der Waals surface area contributed by atoms with Gasteiger partial charge in [-0.2, -0.15) is 0 Å². The van der Waals surface area contributed by atoms with Gasteiger partial charge in [0.05, 0.1) is 12.1 Å².